The van der Waals surface area contributed by atoms with Crippen LogP contribution in [0.2, 0.25) is 0 Å². The molecule has 0 spiro atoms. The molecule has 4 aromatic rings. The van der Waals surface area contributed by atoms with E-state index in [9.17, 15) is 4.79 Å². The average Bonchev–Trinajstić information content (AvgIpc) is 2.67. The smallest absolute Gasteiger partial charge is 0.258 e. The summed E-state index contributed by atoms with van der Waals surface area (Å²) in [6.07, 6.45) is 0. The van der Waals surface area contributed by atoms with Crippen LogP contribution >= 0.6 is 0 Å². The quantitative estimate of drug-likeness (QED) is 0.602. The molecule has 0 aliphatic rings. The zero-order valence-electron chi connectivity index (χ0n) is 14.9. The largest absolute Gasteiger partial charge is 0.309 e. The molecule has 4 heteroatoms. The van der Waals surface area contributed by atoms with Gasteiger partial charge in [-0.2, -0.15) is 0 Å². The minimum absolute atomic E-state index is 0.00113. The Hall–Kier alpha value is -2.98. The first-order chi connectivity index (χ1) is 12.6. The van der Waals surface area contributed by atoms with Crippen molar-refractivity contribution in [1.82, 2.24) is 14.9 Å². The first-order valence-corrected chi connectivity index (χ1v) is 8.79. The number of H-pyrrole nitrogens is 1. The molecule has 3 aromatic carbocycles. The highest BCUT2D eigenvalue weighted by molar-refractivity contribution is 5.83. The zero-order valence-corrected chi connectivity index (χ0v) is 14.9. The first-order valence-electron chi connectivity index (χ1n) is 8.79. The molecule has 0 radical (unpaired) electrons. The van der Waals surface area contributed by atoms with Crippen molar-refractivity contribution in [3.8, 4) is 0 Å². The summed E-state index contributed by atoms with van der Waals surface area (Å²) in [6.45, 7) is 2.84. The van der Waals surface area contributed by atoms with E-state index in [4.69, 9.17) is 0 Å². The Kier molecular flexibility index (Phi) is 4.27. The molecule has 0 unspecified atom stereocenters. The van der Waals surface area contributed by atoms with Crippen LogP contribution in [0.1, 0.15) is 24.4 Å². The fraction of sp³-hybridized carbons (Fsp3) is 0.182. The van der Waals surface area contributed by atoms with Gasteiger partial charge in [-0.05, 0) is 48.5 Å². The molecule has 0 saturated carbocycles. The topological polar surface area (TPSA) is 49.0 Å². The molecule has 0 bridgehead atoms. The maximum atomic E-state index is 12.3. The third-order valence-electron chi connectivity index (χ3n) is 4.93. The molecule has 0 aliphatic heterocycles. The standard InChI is InChI=1S/C22H21N3O/c1-15(21-23-20-10-6-5-9-19(20)22(26)24-21)25(2)14-16-11-12-17-7-3-4-8-18(17)13-16/h3-13,15H,14H2,1-2H3,(H,23,24,26)/t15-/m0/s1. The third-order valence-corrected chi connectivity index (χ3v) is 4.93. The minimum atomic E-state index is -0.0865. The van der Waals surface area contributed by atoms with Crippen molar-refractivity contribution in [2.45, 2.75) is 19.5 Å². The van der Waals surface area contributed by atoms with E-state index in [2.05, 4.69) is 71.3 Å². The van der Waals surface area contributed by atoms with Crippen LogP contribution in [0.25, 0.3) is 21.7 Å². The van der Waals surface area contributed by atoms with Crippen molar-refractivity contribution in [2.75, 3.05) is 7.05 Å². The van der Waals surface area contributed by atoms with Crippen molar-refractivity contribution in [3.63, 3.8) is 0 Å². The Labute approximate surface area is 152 Å². The summed E-state index contributed by atoms with van der Waals surface area (Å²) >= 11 is 0. The summed E-state index contributed by atoms with van der Waals surface area (Å²) < 4.78 is 0. The molecule has 1 N–H and O–H groups in total. The predicted octanol–water partition coefficient (Wildman–Crippen LogP) is 4.27. The van der Waals surface area contributed by atoms with Crippen LogP contribution in [-0.2, 0) is 6.54 Å². The third kappa shape index (κ3) is 3.11. The van der Waals surface area contributed by atoms with E-state index in [-0.39, 0.29) is 11.6 Å². The number of fused-ring (bicyclic) bond motifs is 2. The first kappa shape index (κ1) is 16.5. The van der Waals surface area contributed by atoms with E-state index in [0.717, 1.165) is 12.1 Å². The van der Waals surface area contributed by atoms with E-state index in [1.54, 1.807) is 6.07 Å². The summed E-state index contributed by atoms with van der Waals surface area (Å²) in [6, 6.07) is 22.3. The molecular weight excluding hydrogens is 322 g/mol. The number of nitrogens with zero attached hydrogens (tertiary/aromatic N) is 2. The van der Waals surface area contributed by atoms with E-state index < -0.39 is 0 Å². The Morgan fingerprint density at radius 2 is 1.73 bits per heavy atom. The van der Waals surface area contributed by atoms with Crippen molar-refractivity contribution in [3.05, 3.63) is 88.5 Å². The lowest BCUT2D eigenvalue weighted by atomic mass is 10.1. The van der Waals surface area contributed by atoms with Crippen LogP contribution in [0.4, 0.5) is 0 Å². The van der Waals surface area contributed by atoms with E-state index in [1.165, 1.54) is 16.3 Å². The van der Waals surface area contributed by atoms with Crippen molar-refractivity contribution in [1.29, 1.82) is 0 Å². The van der Waals surface area contributed by atoms with Crippen LogP contribution < -0.4 is 5.56 Å². The summed E-state index contributed by atoms with van der Waals surface area (Å²) in [5.41, 5.74) is 1.88. The van der Waals surface area contributed by atoms with Crippen molar-refractivity contribution < 1.29 is 0 Å². The van der Waals surface area contributed by atoms with Crippen LogP contribution in [-0.4, -0.2) is 21.9 Å². The van der Waals surface area contributed by atoms with Gasteiger partial charge < -0.3 is 4.98 Å². The summed E-state index contributed by atoms with van der Waals surface area (Å²) in [5.74, 6) is 0.692. The zero-order chi connectivity index (χ0) is 18.1. The molecule has 0 aliphatic carbocycles. The normalized spacial score (nSPS) is 12.7. The highest BCUT2D eigenvalue weighted by Crippen LogP contribution is 2.21. The fourth-order valence-electron chi connectivity index (χ4n) is 3.27. The van der Waals surface area contributed by atoms with E-state index in [0.29, 0.717) is 11.2 Å². The van der Waals surface area contributed by atoms with E-state index >= 15 is 0 Å². The Morgan fingerprint density at radius 1 is 1.00 bits per heavy atom. The second-order valence-electron chi connectivity index (χ2n) is 6.74. The number of aromatic nitrogens is 2. The minimum Gasteiger partial charge on any atom is -0.309 e. The lowest BCUT2D eigenvalue weighted by Crippen LogP contribution is -2.26. The van der Waals surface area contributed by atoms with Gasteiger partial charge in [0.15, 0.2) is 0 Å². The summed E-state index contributed by atoms with van der Waals surface area (Å²) in [4.78, 5) is 22.1. The molecule has 1 heterocycles. The predicted molar refractivity (Wildman–Crippen MR) is 106 cm³/mol. The SMILES string of the molecule is C[C@@H](c1nc2ccccc2c(=O)[nH]1)N(C)Cc1ccc2ccccc2c1. The fourth-order valence-corrected chi connectivity index (χ4v) is 3.27. The van der Waals surface area contributed by atoms with Gasteiger partial charge in [0.05, 0.1) is 16.9 Å². The molecule has 1 aromatic heterocycles. The Balaban J connectivity index is 1.61. The van der Waals surface area contributed by atoms with Gasteiger partial charge in [0.25, 0.3) is 5.56 Å². The van der Waals surface area contributed by atoms with Gasteiger partial charge in [0.1, 0.15) is 5.82 Å². The second-order valence-corrected chi connectivity index (χ2v) is 6.74. The molecular formula is C22H21N3O. The van der Waals surface area contributed by atoms with Gasteiger partial charge in [0.2, 0.25) is 0 Å². The van der Waals surface area contributed by atoms with Crippen LogP contribution in [0, 0.1) is 0 Å². The summed E-state index contributed by atoms with van der Waals surface area (Å²) in [5, 5.41) is 3.11. The number of rotatable bonds is 4. The van der Waals surface area contributed by atoms with Gasteiger partial charge in [-0.1, -0.05) is 48.5 Å². The number of para-hydroxylation sites is 1. The molecule has 4 rings (SSSR count). The lowest BCUT2D eigenvalue weighted by Gasteiger charge is -2.24. The van der Waals surface area contributed by atoms with Gasteiger partial charge in [-0.15, -0.1) is 0 Å². The van der Waals surface area contributed by atoms with Crippen molar-refractivity contribution in [2.24, 2.45) is 0 Å². The molecule has 1 atom stereocenters. The van der Waals surface area contributed by atoms with Crippen LogP contribution in [0.15, 0.2) is 71.5 Å². The second kappa shape index (κ2) is 6.73. The number of hydrogen-bond donors (Lipinski definition) is 1. The van der Waals surface area contributed by atoms with E-state index in [1.807, 2.05) is 18.2 Å². The Morgan fingerprint density at radius 3 is 2.58 bits per heavy atom. The highest BCUT2D eigenvalue weighted by atomic mass is 16.1. The van der Waals surface area contributed by atoms with Gasteiger partial charge in [-0.3, -0.25) is 9.69 Å². The maximum Gasteiger partial charge on any atom is 0.258 e. The maximum absolute atomic E-state index is 12.3. The molecule has 26 heavy (non-hydrogen) atoms. The molecule has 130 valence electrons. The van der Waals surface area contributed by atoms with Crippen molar-refractivity contribution >= 4 is 21.7 Å². The number of nitrogens with one attached hydrogen (secondary N) is 1. The highest BCUT2D eigenvalue weighted by Gasteiger charge is 2.16. The van der Waals surface area contributed by atoms with Crippen LogP contribution in [0.5, 0.6) is 0 Å². The van der Waals surface area contributed by atoms with Gasteiger partial charge >= 0.3 is 0 Å². The number of benzene rings is 3. The monoisotopic (exact) mass is 343 g/mol. The van der Waals surface area contributed by atoms with Gasteiger partial charge in [-0.25, -0.2) is 4.98 Å². The molecule has 0 fully saturated rings. The molecule has 4 nitrogen and oxygen atoms in total. The van der Waals surface area contributed by atoms with Gasteiger partial charge in [0, 0.05) is 6.54 Å². The van der Waals surface area contributed by atoms with Crippen LogP contribution in [0.3, 0.4) is 0 Å². The Bertz CT molecular complexity index is 1130. The summed E-state index contributed by atoms with van der Waals surface area (Å²) in [7, 11) is 2.05. The average molecular weight is 343 g/mol. The number of aromatic amines is 1. The molecule has 0 amide bonds. The lowest BCUT2D eigenvalue weighted by molar-refractivity contribution is 0.244. The molecule has 0 saturated heterocycles. The number of hydrogen-bond acceptors (Lipinski definition) is 3.